The molecule has 4 heteroatoms. The van der Waals surface area contributed by atoms with Crippen molar-refractivity contribution in [2.75, 3.05) is 26.2 Å². The summed E-state index contributed by atoms with van der Waals surface area (Å²) in [6.45, 7) is 8.45. The van der Waals surface area contributed by atoms with Gasteiger partial charge < -0.3 is 4.74 Å². The Morgan fingerprint density at radius 1 is 1.35 bits per heavy atom. The summed E-state index contributed by atoms with van der Waals surface area (Å²) in [6.07, 6.45) is 6.54. The van der Waals surface area contributed by atoms with Crippen LogP contribution in [0.5, 0.6) is 0 Å². The van der Waals surface area contributed by atoms with E-state index in [1.165, 1.54) is 25.7 Å². The predicted octanol–water partition coefficient (Wildman–Crippen LogP) is 1.51. The first kappa shape index (κ1) is 14.9. The van der Waals surface area contributed by atoms with Crippen LogP contribution in [0, 0.1) is 0 Å². The van der Waals surface area contributed by atoms with Crippen LogP contribution >= 0.6 is 0 Å². The molecule has 3 N–H and O–H groups in total. The van der Waals surface area contributed by atoms with Gasteiger partial charge in [0.2, 0.25) is 0 Å². The molecule has 2 unspecified atom stereocenters. The molecule has 0 saturated carbocycles. The summed E-state index contributed by atoms with van der Waals surface area (Å²) in [6, 6.07) is 0.307. The average molecular weight is 243 g/mol. The Balaban J connectivity index is 2.27. The van der Waals surface area contributed by atoms with Gasteiger partial charge in [-0.05, 0) is 13.0 Å². The van der Waals surface area contributed by atoms with Crippen LogP contribution < -0.4 is 11.3 Å². The van der Waals surface area contributed by atoms with Crippen LogP contribution in [0.1, 0.15) is 46.0 Å². The van der Waals surface area contributed by atoms with Gasteiger partial charge in [0.1, 0.15) is 0 Å². The molecule has 1 fully saturated rings. The summed E-state index contributed by atoms with van der Waals surface area (Å²) in [4.78, 5) is 2.44. The van der Waals surface area contributed by atoms with Crippen molar-refractivity contribution in [3.05, 3.63) is 0 Å². The zero-order chi connectivity index (χ0) is 12.5. The van der Waals surface area contributed by atoms with E-state index in [9.17, 15) is 0 Å². The van der Waals surface area contributed by atoms with Crippen molar-refractivity contribution in [1.82, 2.24) is 10.3 Å². The van der Waals surface area contributed by atoms with Gasteiger partial charge in [0, 0.05) is 19.1 Å². The summed E-state index contributed by atoms with van der Waals surface area (Å²) >= 11 is 0. The van der Waals surface area contributed by atoms with Crippen LogP contribution in [0.3, 0.4) is 0 Å². The third-order valence-electron chi connectivity index (χ3n) is 3.66. The second-order valence-corrected chi connectivity index (χ2v) is 4.92. The lowest BCUT2D eigenvalue weighted by Gasteiger charge is -2.36. The maximum Gasteiger partial charge on any atom is 0.0868 e. The molecule has 1 heterocycles. The number of ether oxygens (including phenoxy) is 1. The minimum atomic E-state index is 0.260. The van der Waals surface area contributed by atoms with Crippen LogP contribution in [0.2, 0.25) is 0 Å². The number of rotatable bonds is 8. The van der Waals surface area contributed by atoms with Gasteiger partial charge in [-0.1, -0.05) is 39.5 Å². The molecule has 0 radical (unpaired) electrons. The van der Waals surface area contributed by atoms with E-state index in [2.05, 4.69) is 24.2 Å². The van der Waals surface area contributed by atoms with E-state index < -0.39 is 0 Å². The second-order valence-electron chi connectivity index (χ2n) is 4.92. The van der Waals surface area contributed by atoms with Gasteiger partial charge in [0.15, 0.2) is 0 Å². The van der Waals surface area contributed by atoms with Crippen LogP contribution in [0.15, 0.2) is 0 Å². The highest BCUT2D eigenvalue weighted by Gasteiger charge is 2.26. The molecule has 1 aliphatic heterocycles. The lowest BCUT2D eigenvalue weighted by Crippen LogP contribution is -2.53. The van der Waals surface area contributed by atoms with E-state index in [1.807, 2.05) is 0 Å². The minimum absolute atomic E-state index is 0.260. The van der Waals surface area contributed by atoms with Crippen LogP contribution in [0.25, 0.3) is 0 Å². The molecule has 2 atom stereocenters. The largest absolute Gasteiger partial charge is 0.374 e. The fourth-order valence-corrected chi connectivity index (χ4v) is 2.43. The quantitative estimate of drug-likeness (QED) is 0.385. The van der Waals surface area contributed by atoms with Gasteiger partial charge in [-0.15, -0.1) is 0 Å². The highest BCUT2D eigenvalue weighted by Crippen LogP contribution is 2.14. The summed E-state index contributed by atoms with van der Waals surface area (Å²) in [5.41, 5.74) is 2.94. The molecule has 17 heavy (non-hydrogen) atoms. The number of hydrazine groups is 1. The van der Waals surface area contributed by atoms with E-state index in [0.717, 1.165) is 32.7 Å². The lowest BCUT2D eigenvalue weighted by atomic mass is 10.0. The Kier molecular flexibility index (Phi) is 7.77. The maximum atomic E-state index is 5.84. The molecular weight excluding hydrogens is 214 g/mol. The van der Waals surface area contributed by atoms with E-state index >= 15 is 0 Å². The smallest absolute Gasteiger partial charge is 0.0868 e. The van der Waals surface area contributed by atoms with Gasteiger partial charge in [-0.2, -0.15) is 0 Å². The molecule has 1 rings (SSSR count). The van der Waals surface area contributed by atoms with E-state index in [1.54, 1.807) is 0 Å². The van der Waals surface area contributed by atoms with Gasteiger partial charge in [-0.3, -0.25) is 16.2 Å². The molecule has 0 aromatic rings. The number of likely N-dealkylation sites (N-methyl/N-ethyl adjacent to an activating group) is 1. The average Bonchev–Trinajstić information content (AvgIpc) is 2.39. The van der Waals surface area contributed by atoms with Crippen LogP contribution in [-0.2, 0) is 4.74 Å². The highest BCUT2D eigenvalue weighted by atomic mass is 16.5. The molecule has 0 bridgehead atoms. The normalized spacial score (nSPS) is 23.8. The molecular formula is C13H29N3O. The molecule has 0 aliphatic carbocycles. The molecule has 1 aliphatic rings. The van der Waals surface area contributed by atoms with Crippen molar-refractivity contribution in [3.63, 3.8) is 0 Å². The number of morpholine rings is 1. The summed E-state index contributed by atoms with van der Waals surface area (Å²) in [7, 11) is 0. The van der Waals surface area contributed by atoms with Crippen molar-refractivity contribution in [2.24, 2.45) is 5.84 Å². The zero-order valence-electron chi connectivity index (χ0n) is 11.5. The SMILES string of the molecule is CCCCCCC(NN)C1CN(CC)CCO1. The third-order valence-corrected chi connectivity index (χ3v) is 3.66. The first-order valence-corrected chi connectivity index (χ1v) is 7.11. The van der Waals surface area contributed by atoms with Gasteiger partial charge in [0.05, 0.1) is 12.7 Å². The van der Waals surface area contributed by atoms with E-state index in [-0.39, 0.29) is 6.10 Å². The fourth-order valence-electron chi connectivity index (χ4n) is 2.43. The summed E-state index contributed by atoms with van der Waals surface area (Å²) in [5.74, 6) is 5.66. The number of nitrogens with zero attached hydrogens (tertiary/aromatic N) is 1. The molecule has 0 aromatic heterocycles. The number of nitrogens with two attached hydrogens (primary N) is 1. The standard InChI is InChI=1S/C13H29N3O/c1-3-5-6-7-8-12(15-14)13-11-16(4-2)9-10-17-13/h12-13,15H,3-11,14H2,1-2H3. The lowest BCUT2D eigenvalue weighted by molar-refractivity contribution is -0.0465. The Morgan fingerprint density at radius 3 is 2.82 bits per heavy atom. The topological polar surface area (TPSA) is 50.5 Å². The predicted molar refractivity (Wildman–Crippen MR) is 71.7 cm³/mol. The maximum absolute atomic E-state index is 5.84. The first-order valence-electron chi connectivity index (χ1n) is 7.11. The fraction of sp³-hybridized carbons (Fsp3) is 1.00. The first-order chi connectivity index (χ1) is 8.31. The third kappa shape index (κ3) is 5.34. The summed E-state index contributed by atoms with van der Waals surface area (Å²) < 4.78 is 5.84. The minimum Gasteiger partial charge on any atom is -0.374 e. The second kappa shape index (κ2) is 8.86. The molecule has 1 saturated heterocycles. The van der Waals surface area contributed by atoms with E-state index in [0.29, 0.717) is 6.04 Å². The van der Waals surface area contributed by atoms with Gasteiger partial charge >= 0.3 is 0 Å². The van der Waals surface area contributed by atoms with Crippen molar-refractivity contribution in [1.29, 1.82) is 0 Å². The Labute approximate surface area is 106 Å². The van der Waals surface area contributed by atoms with Crippen molar-refractivity contribution in [2.45, 2.75) is 58.1 Å². The summed E-state index contributed by atoms with van der Waals surface area (Å²) in [5, 5.41) is 0. The van der Waals surface area contributed by atoms with E-state index in [4.69, 9.17) is 10.6 Å². The Bertz CT molecular complexity index is 190. The van der Waals surface area contributed by atoms with Crippen molar-refractivity contribution < 1.29 is 4.74 Å². The molecule has 102 valence electrons. The molecule has 0 aromatic carbocycles. The molecule has 0 spiro atoms. The number of hydrogen-bond donors (Lipinski definition) is 2. The monoisotopic (exact) mass is 243 g/mol. The Hall–Kier alpha value is -0.160. The Morgan fingerprint density at radius 2 is 2.18 bits per heavy atom. The number of hydrogen-bond acceptors (Lipinski definition) is 4. The number of nitrogens with one attached hydrogen (secondary N) is 1. The van der Waals surface area contributed by atoms with Gasteiger partial charge in [0.25, 0.3) is 0 Å². The number of unbranched alkanes of at least 4 members (excludes halogenated alkanes) is 3. The zero-order valence-corrected chi connectivity index (χ0v) is 11.5. The highest BCUT2D eigenvalue weighted by molar-refractivity contribution is 4.81. The van der Waals surface area contributed by atoms with Crippen molar-refractivity contribution in [3.8, 4) is 0 Å². The molecule has 4 nitrogen and oxygen atoms in total. The van der Waals surface area contributed by atoms with Crippen LogP contribution in [-0.4, -0.2) is 43.3 Å². The van der Waals surface area contributed by atoms with Crippen LogP contribution in [0.4, 0.5) is 0 Å². The van der Waals surface area contributed by atoms with Crippen molar-refractivity contribution >= 4 is 0 Å². The van der Waals surface area contributed by atoms with Gasteiger partial charge in [-0.25, -0.2) is 0 Å². The molecule has 0 amide bonds.